The monoisotopic (exact) mass is 291 g/mol. The van der Waals surface area contributed by atoms with E-state index in [-0.39, 0.29) is 19.1 Å². The van der Waals surface area contributed by atoms with Gasteiger partial charge < -0.3 is 14.7 Å². The third-order valence-electron chi connectivity index (χ3n) is 3.87. The first-order chi connectivity index (χ1) is 10.1. The summed E-state index contributed by atoms with van der Waals surface area (Å²) in [4.78, 5) is 25.8. The van der Waals surface area contributed by atoms with Crippen LogP contribution in [0, 0.1) is 12.8 Å². The van der Waals surface area contributed by atoms with Crippen molar-refractivity contribution >= 4 is 11.9 Å². The molecule has 5 nitrogen and oxygen atoms in total. The molecule has 1 fully saturated rings. The number of aryl methyl sites for hydroxylation is 1. The molecule has 1 aliphatic rings. The van der Waals surface area contributed by atoms with Gasteiger partial charge in [0.1, 0.15) is 5.92 Å². The second-order valence-electron chi connectivity index (χ2n) is 5.36. The third kappa shape index (κ3) is 3.24. The Hall–Kier alpha value is -1.88. The van der Waals surface area contributed by atoms with Crippen LogP contribution in [0.4, 0.5) is 0 Å². The van der Waals surface area contributed by atoms with Crippen LogP contribution in [0.2, 0.25) is 0 Å². The second kappa shape index (κ2) is 6.72. The SMILES string of the molecule is CCCN(C(=O)c1ccccc1C)C1COCC1C(=O)O. The fraction of sp³-hybridized carbons (Fsp3) is 0.500. The van der Waals surface area contributed by atoms with Gasteiger partial charge in [0.25, 0.3) is 5.91 Å². The quantitative estimate of drug-likeness (QED) is 0.900. The Morgan fingerprint density at radius 2 is 2.05 bits per heavy atom. The molecule has 114 valence electrons. The van der Waals surface area contributed by atoms with Gasteiger partial charge in [0, 0.05) is 12.1 Å². The molecule has 21 heavy (non-hydrogen) atoms. The van der Waals surface area contributed by atoms with Crippen molar-refractivity contribution in [2.75, 3.05) is 19.8 Å². The molecule has 1 amide bonds. The molecule has 2 unspecified atom stereocenters. The average molecular weight is 291 g/mol. The van der Waals surface area contributed by atoms with Gasteiger partial charge in [0.05, 0.1) is 19.3 Å². The largest absolute Gasteiger partial charge is 0.481 e. The van der Waals surface area contributed by atoms with E-state index in [1.807, 2.05) is 32.0 Å². The van der Waals surface area contributed by atoms with E-state index < -0.39 is 17.9 Å². The molecule has 0 aliphatic carbocycles. The number of nitrogens with zero attached hydrogens (tertiary/aromatic N) is 1. The smallest absolute Gasteiger partial charge is 0.311 e. The first-order valence-electron chi connectivity index (χ1n) is 7.23. The Kier molecular flexibility index (Phi) is 4.96. The number of amides is 1. The van der Waals surface area contributed by atoms with Crippen LogP contribution in [0.3, 0.4) is 0 Å². The molecule has 1 aromatic rings. The molecule has 2 rings (SSSR count). The maximum absolute atomic E-state index is 12.8. The van der Waals surface area contributed by atoms with Crippen LogP contribution in [0.25, 0.3) is 0 Å². The first-order valence-corrected chi connectivity index (χ1v) is 7.23. The van der Waals surface area contributed by atoms with Gasteiger partial charge in [-0.25, -0.2) is 0 Å². The summed E-state index contributed by atoms with van der Waals surface area (Å²) in [5, 5.41) is 9.29. The van der Waals surface area contributed by atoms with E-state index in [1.165, 1.54) is 0 Å². The number of hydrogen-bond acceptors (Lipinski definition) is 3. The van der Waals surface area contributed by atoms with E-state index in [9.17, 15) is 14.7 Å². The third-order valence-corrected chi connectivity index (χ3v) is 3.87. The molecule has 1 saturated heterocycles. The molecular formula is C16H21NO4. The molecule has 1 aromatic carbocycles. The zero-order valence-corrected chi connectivity index (χ0v) is 12.4. The fourth-order valence-corrected chi connectivity index (χ4v) is 2.71. The maximum Gasteiger partial charge on any atom is 0.311 e. The van der Waals surface area contributed by atoms with Crippen molar-refractivity contribution in [2.45, 2.75) is 26.3 Å². The van der Waals surface area contributed by atoms with Crippen LogP contribution in [0.5, 0.6) is 0 Å². The van der Waals surface area contributed by atoms with E-state index in [1.54, 1.807) is 11.0 Å². The lowest BCUT2D eigenvalue weighted by atomic mass is 10.00. The van der Waals surface area contributed by atoms with Crippen LogP contribution < -0.4 is 0 Å². The number of carbonyl (C=O) groups excluding carboxylic acids is 1. The predicted octanol–water partition coefficient (Wildman–Crippen LogP) is 1.95. The van der Waals surface area contributed by atoms with Crippen LogP contribution in [-0.4, -0.2) is 47.7 Å². The number of rotatable bonds is 5. The number of aliphatic carboxylic acids is 1. The Bertz CT molecular complexity index is 529. The maximum atomic E-state index is 12.8. The van der Waals surface area contributed by atoms with E-state index in [0.29, 0.717) is 12.1 Å². The zero-order valence-electron chi connectivity index (χ0n) is 12.4. The van der Waals surface area contributed by atoms with Gasteiger partial charge in [-0.1, -0.05) is 25.1 Å². The van der Waals surface area contributed by atoms with Crippen molar-refractivity contribution in [1.82, 2.24) is 4.90 Å². The van der Waals surface area contributed by atoms with Crippen LogP contribution in [-0.2, 0) is 9.53 Å². The highest BCUT2D eigenvalue weighted by molar-refractivity contribution is 5.96. The highest BCUT2D eigenvalue weighted by Crippen LogP contribution is 2.23. The second-order valence-corrected chi connectivity index (χ2v) is 5.36. The Morgan fingerprint density at radius 3 is 2.67 bits per heavy atom. The lowest BCUT2D eigenvalue weighted by Crippen LogP contribution is -2.47. The highest BCUT2D eigenvalue weighted by Gasteiger charge is 2.40. The normalized spacial score (nSPS) is 21.2. The molecule has 1 N–H and O–H groups in total. The topological polar surface area (TPSA) is 66.8 Å². The van der Waals surface area contributed by atoms with Gasteiger partial charge in [-0.2, -0.15) is 0 Å². The van der Waals surface area contributed by atoms with Crippen LogP contribution >= 0.6 is 0 Å². The minimum Gasteiger partial charge on any atom is -0.481 e. The van der Waals surface area contributed by atoms with Gasteiger partial charge >= 0.3 is 5.97 Å². The van der Waals surface area contributed by atoms with Crippen molar-refractivity contribution in [1.29, 1.82) is 0 Å². The van der Waals surface area contributed by atoms with Crippen molar-refractivity contribution in [3.8, 4) is 0 Å². The predicted molar refractivity (Wildman–Crippen MR) is 78.2 cm³/mol. The minimum absolute atomic E-state index is 0.114. The molecule has 0 spiro atoms. The summed E-state index contributed by atoms with van der Waals surface area (Å²) in [6.07, 6.45) is 0.778. The molecule has 0 radical (unpaired) electrons. The molecule has 5 heteroatoms. The molecule has 1 heterocycles. The summed E-state index contributed by atoms with van der Waals surface area (Å²) < 4.78 is 5.30. The average Bonchev–Trinajstić information content (AvgIpc) is 2.94. The summed E-state index contributed by atoms with van der Waals surface area (Å²) in [7, 11) is 0. The van der Waals surface area contributed by atoms with E-state index in [4.69, 9.17) is 4.74 Å². The minimum atomic E-state index is -0.906. The Labute approximate surface area is 124 Å². The van der Waals surface area contributed by atoms with Gasteiger partial charge in [0.2, 0.25) is 0 Å². The molecule has 0 aromatic heterocycles. The van der Waals surface area contributed by atoms with Gasteiger partial charge in [-0.05, 0) is 25.0 Å². The van der Waals surface area contributed by atoms with Gasteiger partial charge in [0.15, 0.2) is 0 Å². The number of carbonyl (C=O) groups is 2. The lowest BCUT2D eigenvalue weighted by Gasteiger charge is -2.30. The molecule has 2 atom stereocenters. The summed E-state index contributed by atoms with van der Waals surface area (Å²) in [5.41, 5.74) is 1.52. The van der Waals surface area contributed by atoms with Crippen molar-refractivity contribution in [2.24, 2.45) is 5.92 Å². The fourth-order valence-electron chi connectivity index (χ4n) is 2.71. The van der Waals surface area contributed by atoms with Gasteiger partial charge in [-0.3, -0.25) is 9.59 Å². The summed E-state index contributed by atoms with van der Waals surface area (Å²) in [6.45, 7) is 4.85. The number of hydrogen-bond donors (Lipinski definition) is 1. The Balaban J connectivity index is 2.28. The number of carboxylic acids is 1. The summed E-state index contributed by atoms with van der Waals surface area (Å²) in [6, 6.07) is 6.98. The zero-order chi connectivity index (χ0) is 15.4. The standard InChI is InChI=1S/C16H21NO4/c1-3-8-17(14-10-21-9-13(14)16(19)20)15(18)12-7-5-4-6-11(12)2/h4-7,13-14H,3,8-10H2,1-2H3,(H,19,20). The lowest BCUT2D eigenvalue weighted by molar-refractivity contribution is -0.142. The summed E-state index contributed by atoms with van der Waals surface area (Å²) in [5.74, 6) is -1.67. The van der Waals surface area contributed by atoms with Crippen molar-refractivity contribution in [3.63, 3.8) is 0 Å². The highest BCUT2D eigenvalue weighted by atomic mass is 16.5. The van der Waals surface area contributed by atoms with Crippen molar-refractivity contribution in [3.05, 3.63) is 35.4 Å². The van der Waals surface area contributed by atoms with Gasteiger partial charge in [-0.15, -0.1) is 0 Å². The van der Waals surface area contributed by atoms with Crippen LogP contribution in [0.1, 0.15) is 29.3 Å². The Morgan fingerprint density at radius 1 is 1.33 bits per heavy atom. The summed E-state index contributed by atoms with van der Waals surface area (Å²) >= 11 is 0. The first kappa shape index (κ1) is 15.5. The molecule has 0 saturated carbocycles. The molecule has 0 bridgehead atoms. The number of ether oxygens (including phenoxy) is 1. The van der Waals surface area contributed by atoms with E-state index in [0.717, 1.165) is 12.0 Å². The van der Waals surface area contributed by atoms with Crippen molar-refractivity contribution < 1.29 is 19.4 Å². The number of benzene rings is 1. The molecule has 1 aliphatic heterocycles. The van der Waals surface area contributed by atoms with Crippen LogP contribution in [0.15, 0.2) is 24.3 Å². The van der Waals surface area contributed by atoms with E-state index >= 15 is 0 Å². The molecular weight excluding hydrogens is 270 g/mol. The number of carboxylic acid groups (broad SMARTS) is 1. The van der Waals surface area contributed by atoms with E-state index in [2.05, 4.69) is 0 Å².